The molecule has 7 nitrogen and oxygen atoms in total. The minimum absolute atomic E-state index is 0.131. The van der Waals surface area contributed by atoms with Gasteiger partial charge in [0.05, 0.1) is 11.6 Å². The van der Waals surface area contributed by atoms with Crippen molar-refractivity contribution in [1.29, 1.82) is 0 Å². The number of urea groups is 1. The molecule has 1 aromatic carbocycles. The predicted molar refractivity (Wildman–Crippen MR) is 68.1 cm³/mol. The molecule has 0 fully saturated rings. The molecule has 0 bridgehead atoms. The van der Waals surface area contributed by atoms with Gasteiger partial charge in [-0.2, -0.15) is 0 Å². The number of anilines is 1. The first kappa shape index (κ1) is 11.3. The van der Waals surface area contributed by atoms with E-state index in [2.05, 4.69) is 20.6 Å². The first-order valence-corrected chi connectivity index (χ1v) is 5.64. The molecule has 4 N–H and O–H groups in total. The number of aromatic nitrogens is 2. The van der Waals surface area contributed by atoms with Gasteiger partial charge in [-0.05, 0) is 5.56 Å². The van der Waals surface area contributed by atoms with Crippen molar-refractivity contribution < 1.29 is 4.79 Å². The second-order valence-electron chi connectivity index (χ2n) is 4.14. The predicted octanol–water partition coefficient (Wildman–Crippen LogP) is 0.288. The van der Waals surface area contributed by atoms with Crippen molar-refractivity contribution in [3.8, 4) is 0 Å². The third kappa shape index (κ3) is 1.90. The molecule has 1 aliphatic heterocycles. The molecule has 96 valence electrons. The van der Waals surface area contributed by atoms with E-state index in [9.17, 15) is 14.4 Å². The smallest absolute Gasteiger partial charge is 0.327 e. The number of rotatable bonds is 1. The summed E-state index contributed by atoms with van der Waals surface area (Å²) >= 11 is 0. The van der Waals surface area contributed by atoms with Gasteiger partial charge in [-0.1, -0.05) is 30.3 Å². The summed E-state index contributed by atoms with van der Waals surface area (Å²) in [4.78, 5) is 39.3. The lowest BCUT2D eigenvalue weighted by Gasteiger charge is -2.25. The molecule has 0 spiro atoms. The topological polar surface area (TPSA) is 107 Å². The van der Waals surface area contributed by atoms with Gasteiger partial charge in [-0.25, -0.2) is 9.59 Å². The van der Waals surface area contributed by atoms with Crippen LogP contribution in [-0.2, 0) is 0 Å². The minimum Gasteiger partial charge on any atom is -0.327 e. The number of hydrogen-bond donors (Lipinski definition) is 4. The average molecular weight is 258 g/mol. The van der Waals surface area contributed by atoms with Crippen molar-refractivity contribution in [3.63, 3.8) is 0 Å². The Morgan fingerprint density at radius 3 is 2.42 bits per heavy atom. The minimum atomic E-state index is -0.655. The van der Waals surface area contributed by atoms with Gasteiger partial charge in [0.15, 0.2) is 0 Å². The van der Waals surface area contributed by atoms with E-state index in [1.807, 2.05) is 18.2 Å². The molecule has 0 radical (unpaired) electrons. The maximum Gasteiger partial charge on any atom is 0.327 e. The molecule has 7 heteroatoms. The van der Waals surface area contributed by atoms with Crippen molar-refractivity contribution in [1.82, 2.24) is 15.3 Å². The van der Waals surface area contributed by atoms with Crippen LogP contribution >= 0.6 is 0 Å². The van der Waals surface area contributed by atoms with Crippen molar-refractivity contribution in [3.05, 3.63) is 62.3 Å². The van der Waals surface area contributed by atoms with Crippen molar-refractivity contribution in [2.24, 2.45) is 0 Å². The summed E-state index contributed by atoms with van der Waals surface area (Å²) in [7, 11) is 0. The van der Waals surface area contributed by atoms with Gasteiger partial charge in [0.2, 0.25) is 0 Å². The molecule has 1 aliphatic rings. The highest BCUT2D eigenvalue weighted by atomic mass is 16.2. The van der Waals surface area contributed by atoms with E-state index in [0.717, 1.165) is 5.56 Å². The molecule has 3 rings (SSSR count). The zero-order chi connectivity index (χ0) is 13.4. The van der Waals surface area contributed by atoms with Crippen LogP contribution in [0.2, 0.25) is 0 Å². The number of nitrogens with one attached hydrogen (secondary N) is 4. The number of H-pyrrole nitrogens is 2. The fraction of sp³-hybridized carbons (Fsp3) is 0.0833. The average Bonchev–Trinajstić information content (AvgIpc) is 2.38. The summed E-state index contributed by atoms with van der Waals surface area (Å²) in [5.74, 6) is 0.131. The zero-order valence-corrected chi connectivity index (χ0v) is 9.69. The molecule has 0 aliphatic carbocycles. The van der Waals surface area contributed by atoms with E-state index in [1.54, 1.807) is 12.1 Å². The van der Waals surface area contributed by atoms with Gasteiger partial charge < -0.3 is 5.32 Å². The first-order chi connectivity index (χ1) is 9.15. The molecule has 1 unspecified atom stereocenters. The van der Waals surface area contributed by atoms with Crippen molar-refractivity contribution >= 4 is 11.8 Å². The third-order valence-electron chi connectivity index (χ3n) is 2.92. The number of fused-ring (bicyclic) bond motifs is 1. The fourth-order valence-corrected chi connectivity index (χ4v) is 2.12. The summed E-state index contributed by atoms with van der Waals surface area (Å²) in [6.45, 7) is 0. The summed E-state index contributed by atoms with van der Waals surface area (Å²) < 4.78 is 0. The monoisotopic (exact) mass is 258 g/mol. The number of hydrogen-bond acceptors (Lipinski definition) is 3. The summed E-state index contributed by atoms with van der Waals surface area (Å²) in [6, 6.07) is 7.99. The molecule has 2 aromatic rings. The van der Waals surface area contributed by atoms with Crippen LogP contribution in [0.3, 0.4) is 0 Å². The summed E-state index contributed by atoms with van der Waals surface area (Å²) in [5.41, 5.74) is -0.139. The lowest BCUT2D eigenvalue weighted by atomic mass is 9.99. The van der Waals surface area contributed by atoms with Gasteiger partial charge in [0.1, 0.15) is 5.82 Å². The Morgan fingerprint density at radius 1 is 0.947 bits per heavy atom. The molecule has 0 saturated heterocycles. The maximum atomic E-state index is 11.9. The third-order valence-corrected chi connectivity index (χ3v) is 2.92. The lowest BCUT2D eigenvalue weighted by molar-refractivity contribution is 0.248. The van der Waals surface area contributed by atoms with E-state index in [4.69, 9.17) is 0 Å². The van der Waals surface area contributed by atoms with Gasteiger partial charge in [-0.3, -0.25) is 20.1 Å². The van der Waals surface area contributed by atoms with Crippen LogP contribution in [0, 0.1) is 0 Å². The van der Waals surface area contributed by atoms with E-state index in [-0.39, 0.29) is 11.4 Å². The maximum absolute atomic E-state index is 11.9. The van der Waals surface area contributed by atoms with Gasteiger partial charge in [-0.15, -0.1) is 0 Å². The molecular weight excluding hydrogens is 248 g/mol. The van der Waals surface area contributed by atoms with Crippen LogP contribution in [0.5, 0.6) is 0 Å². The second kappa shape index (κ2) is 4.13. The van der Waals surface area contributed by atoms with Crippen LogP contribution in [0.4, 0.5) is 10.6 Å². The highest BCUT2D eigenvalue weighted by molar-refractivity contribution is 5.92. The largest absolute Gasteiger partial charge is 0.327 e. The van der Waals surface area contributed by atoms with Gasteiger partial charge >= 0.3 is 11.7 Å². The first-order valence-electron chi connectivity index (χ1n) is 5.64. The molecule has 1 aromatic heterocycles. The molecule has 1 atom stereocenters. The fourth-order valence-electron chi connectivity index (χ4n) is 2.12. The Hall–Kier alpha value is -2.83. The van der Waals surface area contributed by atoms with Crippen molar-refractivity contribution in [2.45, 2.75) is 6.04 Å². The quantitative estimate of drug-likeness (QED) is 0.590. The normalized spacial score (nSPS) is 17.3. The van der Waals surface area contributed by atoms with E-state index in [1.165, 1.54) is 0 Å². The molecule has 2 heterocycles. The number of carbonyl (C=O) groups excluding carboxylic acids is 1. The molecule has 2 amide bonds. The second-order valence-corrected chi connectivity index (χ2v) is 4.14. The highest BCUT2D eigenvalue weighted by Crippen LogP contribution is 2.26. The molecule has 19 heavy (non-hydrogen) atoms. The SMILES string of the molecule is O=C1Nc2[nH]c(=O)[nH]c(=O)c2C(c2ccccc2)N1. The highest BCUT2D eigenvalue weighted by Gasteiger charge is 2.29. The summed E-state index contributed by atoms with van der Waals surface area (Å²) in [6.07, 6.45) is 0. The van der Waals surface area contributed by atoms with E-state index >= 15 is 0 Å². The van der Waals surface area contributed by atoms with E-state index < -0.39 is 23.3 Å². The zero-order valence-electron chi connectivity index (χ0n) is 9.69. The number of carbonyl (C=O) groups is 1. The lowest BCUT2D eigenvalue weighted by Crippen LogP contribution is -2.44. The standard InChI is InChI=1S/C12H10N4O3/c17-10-7-8(6-4-2-1-3-5-6)13-11(18)14-9(7)15-12(19)16-10/h1-5,8H,(H4,13,14,15,16,17,18,19). The van der Waals surface area contributed by atoms with E-state index in [0.29, 0.717) is 0 Å². The molecular formula is C12H10N4O3. The van der Waals surface area contributed by atoms with Gasteiger partial charge in [0.25, 0.3) is 5.56 Å². The Balaban J connectivity index is 2.23. The van der Waals surface area contributed by atoms with Crippen LogP contribution in [0.15, 0.2) is 39.9 Å². The van der Waals surface area contributed by atoms with Crippen LogP contribution in [-0.4, -0.2) is 16.0 Å². The molecule has 0 saturated carbocycles. The van der Waals surface area contributed by atoms with Gasteiger partial charge in [0, 0.05) is 0 Å². The Labute approximate surface area is 106 Å². The van der Waals surface area contributed by atoms with Crippen molar-refractivity contribution in [2.75, 3.05) is 5.32 Å². The Kier molecular flexibility index (Phi) is 2.45. The Morgan fingerprint density at radius 2 is 1.68 bits per heavy atom. The number of aromatic amines is 2. The summed E-state index contributed by atoms with van der Waals surface area (Å²) in [5, 5.41) is 5.07. The van der Waals surface area contributed by atoms with Crippen LogP contribution < -0.4 is 21.9 Å². The number of amides is 2. The Bertz CT molecular complexity index is 748. The number of benzene rings is 1. The van der Waals surface area contributed by atoms with Crippen LogP contribution in [0.1, 0.15) is 17.2 Å². The van der Waals surface area contributed by atoms with Crippen LogP contribution in [0.25, 0.3) is 0 Å².